The van der Waals surface area contributed by atoms with E-state index in [0.717, 1.165) is 9.13 Å². The maximum absolute atomic E-state index is 5.85. The molecule has 0 radical (unpaired) electrons. The molecule has 0 nitrogen and oxygen atoms in total. The fraction of sp³-hybridized carbons (Fsp3) is 0.143. The highest BCUT2D eigenvalue weighted by molar-refractivity contribution is 14.1. The van der Waals surface area contributed by atoms with E-state index in [0.29, 0.717) is 15.9 Å². The molecule has 0 aromatic heterocycles. The fourth-order valence-electron chi connectivity index (χ4n) is 0.707. The highest BCUT2D eigenvalue weighted by Crippen LogP contribution is 2.27. The summed E-state index contributed by atoms with van der Waals surface area (Å²) < 4.78 is 0.976. The van der Waals surface area contributed by atoms with Gasteiger partial charge in [0.1, 0.15) is 0 Å². The van der Waals surface area contributed by atoms with Crippen LogP contribution in [0.1, 0.15) is 5.56 Å². The van der Waals surface area contributed by atoms with Crippen LogP contribution >= 0.6 is 57.4 Å². The van der Waals surface area contributed by atoms with E-state index in [-0.39, 0.29) is 0 Å². The van der Waals surface area contributed by atoms with E-state index in [4.69, 9.17) is 34.8 Å². The van der Waals surface area contributed by atoms with Crippen molar-refractivity contribution in [3.05, 3.63) is 31.3 Å². The quantitative estimate of drug-likeness (QED) is 0.410. The Morgan fingerprint density at radius 3 is 2.45 bits per heavy atom. The number of hydrogen-bond donors (Lipinski definition) is 0. The third-order valence-corrected chi connectivity index (χ3v) is 3.61. The second kappa shape index (κ2) is 4.17. The smallest absolute Gasteiger partial charge is 0.0557 e. The summed E-state index contributed by atoms with van der Waals surface area (Å²) in [5.74, 6) is 0.443. The summed E-state index contributed by atoms with van der Waals surface area (Å²) in [6, 6.07) is 3.53. The Hall–Kier alpha value is 0.820. The van der Waals surface area contributed by atoms with E-state index < -0.39 is 0 Å². The Labute approximate surface area is 94.0 Å². The van der Waals surface area contributed by atoms with Crippen LogP contribution in [0.3, 0.4) is 0 Å². The molecule has 0 bridgehead atoms. The molecule has 0 fully saturated rings. The second-order valence-corrected chi connectivity index (χ2v) is 4.18. The van der Waals surface area contributed by atoms with Crippen LogP contribution in [0.4, 0.5) is 0 Å². The van der Waals surface area contributed by atoms with Crippen molar-refractivity contribution in [3.8, 4) is 0 Å². The normalized spacial score (nSPS) is 10.2. The number of halogens is 4. The molecule has 11 heavy (non-hydrogen) atoms. The topological polar surface area (TPSA) is 0 Å². The van der Waals surface area contributed by atoms with Crippen molar-refractivity contribution >= 4 is 57.4 Å². The van der Waals surface area contributed by atoms with Gasteiger partial charge in [-0.1, -0.05) is 23.2 Å². The highest BCUT2D eigenvalue weighted by atomic mass is 127. The van der Waals surface area contributed by atoms with Crippen molar-refractivity contribution < 1.29 is 0 Å². The third-order valence-electron chi connectivity index (χ3n) is 1.21. The van der Waals surface area contributed by atoms with Gasteiger partial charge in [-0.2, -0.15) is 0 Å². The lowest BCUT2D eigenvalue weighted by atomic mass is 10.2. The van der Waals surface area contributed by atoms with E-state index in [1.54, 1.807) is 6.07 Å². The molecule has 60 valence electrons. The lowest BCUT2D eigenvalue weighted by Gasteiger charge is -2.02. The van der Waals surface area contributed by atoms with Crippen LogP contribution in [0.15, 0.2) is 12.1 Å². The van der Waals surface area contributed by atoms with Crippen molar-refractivity contribution in [3.63, 3.8) is 0 Å². The van der Waals surface area contributed by atoms with Crippen LogP contribution in [-0.4, -0.2) is 0 Å². The van der Waals surface area contributed by atoms with E-state index in [1.165, 1.54) is 0 Å². The van der Waals surface area contributed by atoms with Crippen molar-refractivity contribution in [1.82, 2.24) is 0 Å². The van der Waals surface area contributed by atoms with Gasteiger partial charge in [0.05, 0.1) is 5.02 Å². The molecule has 1 aromatic rings. The Morgan fingerprint density at radius 2 is 1.91 bits per heavy atom. The Balaban J connectivity index is 3.24. The number of rotatable bonds is 1. The molecular formula is C7H4Cl3I. The standard InChI is InChI=1S/C7H4Cl3I/c8-3-4-1-5(9)2-6(10)7(4)11/h1-2H,3H2. The molecule has 0 N–H and O–H groups in total. The maximum atomic E-state index is 5.85. The van der Waals surface area contributed by atoms with Gasteiger partial charge in [-0.15, -0.1) is 11.6 Å². The van der Waals surface area contributed by atoms with Gasteiger partial charge in [0.2, 0.25) is 0 Å². The lowest BCUT2D eigenvalue weighted by Crippen LogP contribution is -1.85. The number of alkyl halides is 1. The minimum Gasteiger partial charge on any atom is -0.122 e. The fourth-order valence-corrected chi connectivity index (χ4v) is 2.18. The summed E-state index contributed by atoms with van der Waals surface area (Å²) in [5.41, 5.74) is 0.977. The molecule has 1 rings (SSSR count). The molecule has 0 aliphatic carbocycles. The molecule has 0 saturated carbocycles. The Morgan fingerprint density at radius 1 is 1.27 bits per heavy atom. The summed E-state index contributed by atoms with van der Waals surface area (Å²) in [7, 11) is 0. The van der Waals surface area contributed by atoms with E-state index in [1.807, 2.05) is 6.07 Å². The summed E-state index contributed by atoms with van der Waals surface area (Å²) >= 11 is 19.4. The van der Waals surface area contributed by atoms with Gasteiger partial charge in [0.15, 0.2) is 0 Å². The third kappa shape index (κ3) is 2.38. The van der Waals surface area contributed by atoms with E-state index >= 15 is 0 Å². The van der Waals surface area contributed by atoms with Crippen LogP contribution in [-0.2, 0) is 5.88 Å². The predicted molar refractivity (Wildman–Crippen MR) is 58.7 cm³/mol. The number of benzene rings is 1. The van der Waals surface area contributed by atoms with Gasteiger partial charge >= 0.3 is 0 Å². The van der Waals surface area contributed by atoms with Gasteiger partial charge < -0.3 is 0 Å². The molecule has 1 aromatic carbocycles. The van der Waals surface area contributed by atoms with Crippen molar-refractivity contribution in [2.24, 2.45) is 0 Å². The van der Waals surface area contributed by atoms with Gasteiger partial charge in [0, 0.05) is 14.5 Å². The summed E-state index contributed by atoms with van der Waals surface area (Å²) in [6.45, 7) is 0. The molecule has 0 aliphatic heterocycles. The second-order valence-electron chi connectivity index (χ2n) is 1.99. The van der Waals surface area contributed by atoms with Gasteiger partial charge in [-0.05, 0) is 40.3 Å². The molecule has 0 atom stereocenters. The summed E-state index contributed by atoms with van der Waals surface area (Å²) in [4.78, 5) is 0. The van der Waals surface area contributed by atoms with Crippen molar-refractivity contribution in [2.75, 3.05) is 0 Å². The minimum absolute atomic E-state index is 0.443. The SMILES string of the molecule is ClCc1cc(Cl)cc(Cl)c1I. The predicted octanol–water partition coefficient (Wildman–Crippen LogP) is 4.34. The first-order valence-electron chi connectivity index (χ1n) is 2.84. The van der Waals surface area contributed by atoms with Crippen molar-refractivity contribution in [1.29, 1.82) is 0 Å². The summed E-state index contributed by atoms with van der Waals surface area (Å²) in [5, 5.41) is 1.29. The molecule has 0 unspecified atom stereocenters. The Kier molecular flexibility index (Phi) is 3.75. The molecule has 0 amide bonds. The van der Waals surface area contributed by atoms with E-state index in [2.05, 4.69) is 22.6 Å². The van der Waals surface area contributed by atoms with Crippen LogP contribution < -0.4 is 0 Å². The number of hydrogen-bond acceptors (Lipinski definition) is 0. The van der Waals surface area contributed by atoms with Crippen LogP contribution in [0, 0.1) is 3.57 Å². The first-order chi connectivity index (χ1) is 5.15. The molecular weight excluding hydrogens is 317 g/mol. The van der Waals surface area contributed by atoms with Crippen LogP contribution in [0.5, 0.6) is 0 Å². The maximum Gasteiger partial charge on any atom is 0.0557 e. The van der Waals surface area contributed by atoms with Gasteiger partial charge in [-0.3, -0.25) is 0 Å². The monoisotopic (exact) mass is 320 g/mol. The zero-order valence-electron chi connectivity index (χ0n) is 5.37. The van der Waals surface area contributed by atoms with Gasteiger partial charge in [0.25, 0.3) is 0 Å². The van der Waals surface area contributed by atoms with Crippen LogP contribution in [0.25, 0.3) is 0 Å². The van der Waals surface area contributed by atoms with Gasteiger partial charge in [-0.25, -0.2) is 0 Å². The highest BCUT2D eigenvalue weighted by Gasteiger charge is 2.04. The molecule has 0 aliphatic rings. The zero-order chi connectivity index (χ0) is 8.43. The first kappa shape index (κ1) is 9.90. The molecule has 0 saturated heterocycles. The Bertz CT molecular complexity index is 273. The average Bonchev–Trinajstić information content (AvgIpc) is 1.96. The van der Waals surface area contributed by atoms with Crippen molar-refractivity contribution in [2.45, 2.75) is 5.88 Å². The molecule has 4 heteroatoms. The largest absolute Gasteiger partial charge is 0.122 e. The minimum atomic E-state index is 0.443. The van der Waals surface area contributed by atoms with Crippen LogP contribution in [0.2, 0.25) is 10.0 Å². The lowest BCUT2D eigenvalue weighted by molar-refractivity contribution is 1.37. The van der Waals surface area contributed by atoms with E-state index in [9.17, 15) is 0 Å². The molecule has 0 heterocycles. The average molecular weight is 321 g/mol. The molecule has 0 spiro atoms. The zero-order valence-corrected chi connectivity index (χ0v) is 9.80. The first-order valence-corrected chi connectivity index (χ1v) is 5.21. The summed E-state index contributed by atoms with van der Waals surface area (Å²) in [6.07, 6.45) is 0.